The van der Waals surface area contributed by atoms with Gasteiger partial charge >= 0.3 is 5.97 Å². The number of carbonyl (C=O) groups excluding carboxylic acids is 2. The van der Waals surface area contributed by atoms with Crippen LogP contribution in [-0.2, 0) is 22.5 Å². The highest BCUT2D eigenvalue weighted by Crippen LogP contribution is 2.29. The number of rotatable bonds is 4. The molecule has 2 aliphatic rings. The van der Waals surface area contributed by atoms with E-state index in [1.165, 1.54) is 6.42 Å². The highest BCUT2D eigenvalue weighted by atomic mass is 16.5. The first-order valence-corrected chi connectivity index (χ1v) is 10.4. The quantitative estimate of drug-likeness (QED) is 0.801. The van der Waals surface area contributed by atoms with E-state index in [9.17, 15) is 14.4 Å². The van der Waals surface area contributed by atoms with Gasteiger partial charge in [-0.25, -0.2) is 9.78 Å². The van der Waals surface area contributed by atoms with E-state index in [0.717, 1.165) is 31.5 Å². The van der Waals surface area contributed by atoms with E-state index in [-0.39, 0.29) is 24.1 Å². The molecule has 0 bridgehead atoms. The topological polar surface area (TPSA) is 90.3 Å². The predicted octanol–water partition coefficient (Wildman–Crippen LogP) is 2.44. The molecular formula is C22H27N3O4. The molecule has 3 atom stereocenters. The number of nitrogens with zero attached hydrogens (tertiary/aromatic N) is 2. The van der Waals surface area contributed by atoms with E-state index in [2.05, 4.69) is 24.1 Å². The second-order valence-electron chi connectivity index (χ2n) is 8.34. The van der Waals surface area contributed by atoms with Crippen LogP contribution in [0.3, 0.4) is 0 Å². The molecule has 1 saturated carbocycles. The summed E-state index contributed by atoms with van der Waals surface area (Å²) in [4.78, 5) is 41.7. The number of fused-ring (bicyclic) bond motifs is 2. The molecule has 1 fully saturated rings. The number of nitrogens with one attached hydrogen (secondary N) is 1. The number of carbonyl (C=O) groups is 2. The summed E-state index contributed by atoms with van der Waals surface area (Å²) in [5, 5.41) is 3.49. The Bertz CT molecular complexity index is 1010. The standard InChI is InChI=1S/C22H27N3O4/c1-13-5-3-6-17(14(13)2)24-20(26)12-29-22(28)15-8-9-16-18(11-15)23-19-7-4-10-25(19)21(16)27/h8-9,11,13-14,17H,3-7,10,12H2,1-2H3,(H,24,26)/t13-,14-,17+/m1/s1. The molecule has 154 valence electrons. The molecule has 1 aromatic carbocycles. The molecule has 1 N–H and O–H groups in total. The fraction of sp³-hybridized carbons (Fsp3) is 0.545. The number of hydrogen-bond donors (Lipinski definition) is 1. The third-order valence-electron chi connectivity index (χ3n) is 6.44. The normalized spacial score (nSPS) is 23.6. The Labute approximate surface area is 169 Å². The Morgan fingerprint density at radius 3 is 2.90 bits per heavy atom. The van der Waals surface area contributed by atoms with E-state index < -0.39 is 5.97 Å². The molecule has 1 aliphatic carbocycles. The van der Waals surface area contributed by atoms with Crippen molar-refractivity contribution in [2.24, 2.45) is 11.8 Å². The van der Waals surface area contributed by atoms with E-state index >= 15 is 0 Å². The number of hydrogen-bond acceptors (Lipinski definition) is 5. The number of esters is 1. The van der Waals surface area contributed by atoms with Gasteiger partial charge in [-0.2, -0.15) is 0 Å². The lowest BCUT2D eigenvalue weighted by molar-refractivity contribution is -0.125. The first kappa shape index (κ1) is 19.6. The minimum atomic E-state index is -0.588. The summed E-state index contributed by atoms with van der Waals surface area (Å²) in [7, 11) is 0. The van der Waals surface area contributed by atoms with Crippen LogP contribution < -0.4 is 10.9 Å². The van der Waals surface area contributed by atoms with Gasteiger partial charge in [0.05, 0.1) is 16.5 Å². The molecule has 2 aromatic rings. The van der Waals surface area contributed by atoms with Crippen molar-refractivity contribution in [3.8, 4) is 0 Å². The zero-order valence-electron chi connectivity index (χ0n) is 16.9. The molecule has 4 rings (SSSR count). The van der Waals surface area contributed by atoms with Crippen LogP contribution in [0.4, 0.5) is 0 Å². The molecule has 7 heteroatoms. The number of ether oxygens (including phenoxy) is 1. The van der Waals surface area contributed by atoms with Crippen molar-refractivity contribution in [3.05, 3.63) is 39.9 Å². The number of amides is 1. The van der Waals surface area contributed by atoms with Gasteiger partial charge in [0.2, 0.25) is 0 Å². The van der Waals surface area contributed by atoms with Crippen LogP contribution >= 0.6 is 0 Å². The molecule has 1 aliphatic heterocycles. The van der Waals surface area contributed by atoms with Crippen molar-refractivity contribution >= 4 is 22.8 Å². The van der Waals surface area contributed by atoms with E-state index in [1.807, 2.05) is 0 Å². The highest BCUT2D eigenvalue weighted by Gasteiger charge is 2.28. The Morgan fingerprint density at radius 2 is 2.07 bits per heavy atom. The lowest BCUT2D eigenvalue weighted by Crippen LogP contribution is -2.45. The van der Waals surface area contributed by atoms with Crippen molar-refractivity contribution in [1.82, 2.24) is 14.9 Å². The molecule has 7 nitrogen and oxygen atoms in total. The van der Waals surface area contributed by atoms with Gasteiger partial charge in [0.1, 0.15) is 5.82 Å². The maximum atomic E-state index is 12.5. The Balaban J connectivity index is 1.41. The van der Waals surface area contributed by atoms with Crippen LogP contribution in [0.1, 0.15) is 55.7 Å². The molecule has 0 radical (unpaired) electrons. The van der Waals surface area contributed by atoms with Gasteiger partial charge in [-0.05, 0) is 42.9 Å². The van der Waals surface area contributed by atoms with Gasteiger partial charge in [-0.1, -0.05) is 26.7 Å². The fourth-order valence-electron chi connectivity index (χ4n) is 4.46. The summed E-state index contributed by atoms with van der Waals surface area (Å²) < 4.78 is 6.90. The third kappa shape index (κ3) is 3.91. The summed E-state index contributed by atoms with van der Waals surface area (Å²) in [5.74, 6) is 0.875. The van der Waals surface area contributed by atoms with E-state index in [1.54, 1.807) is 22.8 Å². The average molecular weight is 397 g/mol. The first-order valence-electron chi connectivity index (χ1n) is 10.4. The lowest BCUT2D eigenvalue weighted by atomic mass is 9.78. The molecule has 2 heterocycles. The minimum absolute atomic E-state index is 0.0716. The van der Waals surface area contributed by atoms with Crippen LogP contribution in [-0.4, -0.2) is 34.1 Å². The zero-order chi connectivity index (χ0) is 20.5. The van der Waals surface area contributed by atoms with Crippen molar-refractivity contribution in [2.45, 2.75) is 58.5 Å². The van der Waals surface area contributed by atoms with Gasteiger partial charge in [-0.3, -0.25) is 14.2 Å². The summed E-state index contributed by atoms with van der Waals surface area (Å²) in [6.07, 6.45) is 4.91. The molecule has 1 aromatic heterocycles. The summed E-state index contributed by atoms with van der Waals surface area (Å²) in [5.41, 5.74) is 0.712. The van der Waals surface area contributed by atoms with E-state index in [4.69, 9.17) is 4.74 Å². The molecule has 0 spiro atoms. The van der Waals surface area contributed by atoms with Gasteiger partial charge < -0.3 is 10.1 Å². The van der Waals surface area contributed by atoms with Crippen LogP contribution in [0.5, 0.6) is 0 Å². The highest BCUT2D eigenvalue weighted by molar-refractivity contribution is 5.95. The summed E-state index contributed by atoms with van der Waals surface area (Å²) in [6, 6.07) is 4.86. The Kier molecular flexibility index (Phi) is 5.39. The number of aromatic nitrogens is 2. The molecule has 1 amide bonds. The van der Waals surface area contributed by atoms with Gasteiger partial charge in [0.15, 0.2) is 6.61 Å². The van der Waals surface area contributed by atoms with Gasteiger partial charge in [0.25, 0.3) is 11.5 Å². The van der Waals surface area contributed by atoms with Gasteiger partial charge in [0, 0.05) is 19.0 Å². The third-order valence-corrected chi connectivity index (χ3v) is 6.44. The second kappa shape index (κ2) is 7.97. The summed E-state index contributed by atoms with van der Waals surface area (Å²) in [6.45, 7) is 4.74. The van der Waals surface area contributed by atoms with Crippen molar-refractivity contribution in [3.63, 3.8) is 0 Å². The van der Waals surface area contributed by atoms with Crippen LogP contribution in [0, 0.1) is 11.8 Å². The summed E-state index contributed by atoms with van der Waals surface area (Å²) >= 11 is 0. The van der Waals surface area contributed by atoms with Crippen LogP contribution in [0.2, 0.25) is 0 Å². The average Bonchev–Trinajstić information content (AvgIpc) is 3.18. The van der Waals surface area contributed by atoms with Crippen molar-refractivity contribution in [1.29, 1.82) is 0 Å². The smallest absolute Gasteiger partial charge is 0.338 e. The Hall–Kier alpha value is -2.70. The minimum Gasteiger partial charge on any atom is -0.452 e. The van der Waals surface area contributed by atoms with Gasteiger partial charge in [-0.15, -0.1) is 0 Å². The number of aryl methyl sites for hydroxylation is 1. The van der Waals surface area contributed by atoms with Crippen molar-refractivity contribution in [2.75, 3.05) is 6.61 Å². The zero-order valence-corrected chi connectivity index (χ0v) is 16.9. The second-order valence-corrected chi connectivity index (χ2v) is 8.34. The number of benzene rings is 1. The predicted molar refractivity (Wildman–Crippen MR) is 109 cm³/mol. The molecule has 0 saturated heterocycles. The molecule has 0 unspecified atom stereocenters. The van der Waals surface area contributed by atoms with Crippen LogP contribution in [0.15, 0.2) is 23.0 Å². The van der Waals surface area contributed by atoms with Crippen LogP contribution in [0.25, 0.3) is 10.9 Å². The maximum Gasteiger partial charge on any atom is 0.338 e. The van der Waals surface area contributed by atoms with Crippen molar-refractivity contribution < 1.29 is 14.3 Å². The Morgan fingerprint density at radius 1 is 1.24 bits per heavy atom. The molecule has 29 heavy (non-hydrogen) atoms. The maximum absolute atomic E-state index is 12.5. The first-order chi connectivity index (χ1) is 13.9. The molecular weight excluding hydrogens is 370 g/mol. The lowest BCUT2D eigenvalue weighted by Gasteiger charge is -2.34. The fourth-order valence-corrected chi connectivity index (χ4v) is 4.46. The largest absolute Gasteiger partial charge is 0.452 e. The SMILES string of the molecule is C[C@@H]1[C@H](C)CCC[C@@H]1NC(=O)COC(=O)c1ccc2c(=O)n3c(nc2c1)CCC3. The monoisotopic (exact) mass is 397 g/mol. The van der Waals surface area contributed by atoms with E-state index in [0.29, 0.717) is 34.8 Å².